The van der Waals surface area contributed by atoms with E-state index in [1.54, 1.807) is 0 Å². The van der Waals surface area contributed by atoms with Crippen molar-refractivity contribution >= 4 is 0 Å². The van der Waals surface area contributed by atoms with Crippen LogP contribution in [0, 0.1) is 23.7 Å². The molecule has 4 rings (SSSR count). The van der Waals surface area contributed by atoms with Crippen molar-refractivity contribution in [1.82, 2.24) is 0 Å². The van der Waals surface area contributed by atoms with Crippen LogP contribution in [0.2, 0.25) is 0 Å². The van der Waals surface area contributed by atoms with Gasteiger partial charge in [-0.15, -0.1) is 0 Å². The molecule has 0 aromatic carbocycles. The van der Waals surface area contributed by atoms with Crippen LogP contribution in [0.25, 0.3) is 0 Å². The van der Waals surface area contributed by atoms with Crippen LogP contribution in [0.3, 0.4) is 0 Å². The Kier molecular flexibility index (Phi) is 0.883. The number of hydrogen-bond donors (Lipinski definition) is 1. The van der Waals surface area contributed by atoms with E-state index in [4.69, 9.17) is 0 Å². The Bertz CT molecular complexity index is 144. The van der Waals surface area contributed by atoms with Gasteiger partial charge in [-0.05, 0) is 49.4 Å². The second-order valence-electron chi connectivity index (χ2n) is 4.39. The number of aliphatic hydroxyl groups excluding tert-OH is 1. The van der Waals surface area contributed by atoms with E-state index >= 15 is 0 Å². The second kappa shape index (κ2) is 1.58. The summed E-state index contributed by atoms with van der Waals surface area (Å²) in [6, 6.07) is 0. The van der Waals surface area contributed by atoms with Gasteiger partial charge in [-0.3, -0.25) is 0 Å². The first-order valence-corrected chi connectivity index (χ1v) is 4.54. The van der Waals surface area contributed by atoms with Crippen LogP contribution >= 0.6 is 0 Å². The van der Waals surface area contributed by atoms with Crippen LogP contribution in [-0.2, 0) is 0 Å². The van der Waals surface area contributed by atoms with Crippen molar-refractivity contribution in [2.24, 2.45) is 23.7 Å². The zero-order valence-electron chi connectivity index (χ0n) is 6.16. The van der Waals surface area contributed by atoms with Crippen LogP contribution in [-0.4, -0.2) is 11.2 Å². The molecule has 0 spiro atoms. The molecule has 10 heavy (non-hydrogen) atoms. The lowest BCUT2D eigenvalue weighted by atomic mass is 9.71. The summed E-state index contributed by atoms with van der Waals surface area (Å²) >= 11 is 0. The Balaban J connectivity index is 2.01. The van der Waals surface area contributed by atoms with E-state index in [9.17, 15) is 5.11 Å². The maximum Gasteiger partial charge on any atom is 0.0602 e. The van der Waals surface area contributed by atoms with Gasteiger partial charge in [-0.25, -0.2) is 0 Å². The summed E-state index contributed by atoms with van der Waals surface area (Å²) in [6.45, 7) is 0. The van der Waals surface area contributed by atoms with Crippen molar-refractivity contribution in [3.63, 3.8) is 0 Å². The molecule has 0 radical (unpaired) electrons. The minimum Gasteiger partial charge on any atom is -0.393 e. The third kappa shape index (κ3) is 0.460. The van der Waals surface area contributed by atoms with Gasteiger partial charge in [0.15, 0.2) is 0 Å². The Labute approximate surface area is 61.4 Å². The van der Waals surface area contributed by atoms with Crippen molar-refractivity contribution < 1.29 is 5.11 Å². The highest BCUT2D eigenvalue weighted by Gasteiger charge is 2.55. The van der Waals surface area contributed by atoms with E-state index in [1.807, 2.05) is 0 Å². The highest BCUT2D eigenvalue weighted by atomic mass is 16.3. The summed E-state index contributed by atoms with van der Waals surface area (Å²) in [4.78, 5) is 0. The predicted octanol–water partition coefficient (Wildman–Crippen LogP) is 1.41. The van der Waals surface area contributed by atoms with E-state index in [1.165, 1.54) is 25.7 Å². The lowest BCUT2D eigenvalue weighted by Gasteiger charge is -2.34. The molecule has 1 N–H and O–H groups in total. The molecule has 0 aliphatic heterocycles. The van der Waals surface area contributed by atoms with Gasteiger partial charge in [-0.1, -0.05) is 0 Å². The average Bonchev–Trinajstić information content (AvgIpc) is 2.42. The molecule has 0 saturated heterocycles. The number of hydrogen-bond acceptors (Lipinski definition) is 1. The molecule has 56 valence electrons. The van der Waals surface area contributed by atoms with Gasteiger partial charge in [0.1, 0.15) is 0 Å². The molecule has 0 aromatic heterocycles. The largest absolute Gasteiger partial charge is 0.393 e. The fourth-order valence-corrected chi connectivity index (χ4v) is 3.68. The Hall–Kier alpha value is -0.0400. The summed E-state index contributed by atoms with van der Waals surface area (Å²) in [5.41, 5.74) is 0. The molecular weight excluding hydrogens is 124 g/mol. The van der Waals surface area contributed by atoms with Crippen LogP contribution in [0.4, 0.5) is 0 Å². The van der Waals surface area contributed by atoms with Gasteiger partial charge >= 0.3 is 0 Å². The molecule has 1 heteroatoms. The SMILES string of the molecule is OC1[C@@H]2C[C@H]3CC[C@@H]2C[C@@H]13. The second-order valence-corrected chi connectivity index (χ2v) is 4.39. The smallest absolute Gasteiger partial charge is 0.0602 e. The normalized spacial score (nSPS) is 63.9. The first kappa shape index (κ1) is 5.59. The molecule has 4 aliphatic carbocycles. The lowest BCUT2D eigenvalue weighted by molar-refractivity contribution is 0.121. The molecule has 4 bridgehead atoms. The van der Waals surface area contributed by atoms with E-state index < -0.39 is 0 Å². The van der Waals surface area contributed by atoms with Crippen molar-refractivity contribution in [3.8, 4) is 0 Å². The van der Waals surface area contributed by atoms with Gasteiger partial charge in [-0.2, -0.15) is 0 Å². The van der Waals surface area contributed by atoms with E-state index in [2.05, 4.69) is 0 Å². The van der Waals surface area contributed by atoms with Crippen LogP contribution in [0.1, 0.15) is 25.7 Å². The van der Waals surface area contributed by atoms with E-state index in [-0.39, 0.29) is 6.10 Å². The summed E-state index contributed by atoms with van der Waals surface area (Å²) in [7, 11) is 0. The van der Waals surface area contributed by atoms with Crippen LogP contribution in [0.5, 0.6) is 0 Å². The Morgan fingerprint density at radius 3 is 1.70 bits per heavy atom. The minimum absolute atomic E-state index is 0.109. The van der Waals surface area contributed by atoms with Crippen molar-refractivity contribution in [1.29, 1.82) is 0 Å². The Morgan fingerprint density at radius 2 is 1.40 bits per heavy atom. The van der Waals surface area contributed by atoms with Gasteiger partial charge in [0.05, 0.1) is 6.10 Å². The molecule has 0 aromatic rings. The van der Waals surface area contributed by atoms with Crippen molar-refractivity contribution in [3.05, 3.63) is 0 Å². The summed E-state index contributed by atoms with van der Waals surface area (Å²) in [5.74, 6) is 3.29. The highest BCUT2D eigenvalue weighted by Crippen LogP contribution is 2.59. The van der Waals surface area contributed by atoms with Gasteiger partial charge in [0, 0.05) is 0 Å². The quantitative estimate of drug-likeness (QED) is 0.536. The third-order valence-electron chi connectivity index (χ3n) is 4.15. The summed E-state index contributed by atoms with van der Waals surface area (Å²) < 4.78 is 0. The minimum atomic E-state index is 0.109. The molecule has 4 atom stereocenters. The lowest BCUT2D eigenvalue weighted by Crippen LogP contribution is -2.24. The molecule has 1 nitrogen and oxygen atoms in total. The monoisotopic (exact) mass is 138 g/mol. The molecule has 4 saturated carbocycles. The van der Waals surface area contributed by atoms with Crippen LogP contribution in [0.15, 0.2) is 0 Å². The standard InChI is InChI=1S/C9H14O/c10-9-7-4-6-2-1-5(7)3-8(6)9/h5-10H,1-4H2/t5-,6-,7-,8-/m1/s1. The van der Waals surface area contributed by atoms with E-state index in [0.717, 1.165) is 23.7 Å². The zero-order valence-corrected chi connectivity index (χ0v) is 6.16. The fourth-order valence-electron chi connectivity index (χ4n) is 3.68. The van der Waals surface area contributed by atoms with Crippen LogP contribution < -0.4 is 0 Å². The Morgan fingerprint density at radius 1 is 0.900 bits per heavy atom. The zero-order chi connectivity index (χ0) is 6.72. The summed E-state index contributed by atoms with van der Waals surface area (Å²) in [5, 5.41) is 9.71. The maximum absolute atomic E-state index is 9.71. The molecule has 0 unspecified atom stereocenters. The highest BCUT2D eigenvalue weighted by molar-refractivity contribution is 5.04. The topological polar surface area (TPSA) is 20.2 Å². The number of rotatable bonds is 0. The average molecular weight is 138 g/mol. The molecule has 0 heterocycles. The third-order valence-corrected chi connectivity index (χ3v) is 4.15. The fraction of sp³-hybridized carbons (Fsp3) is 1.00. The van der Waals surface area contributed by atoms with Gasteiger partial charge in [0.25, 0.3) is 0 Å². The number of aliphatic hydroxyl groups is 1. The summed E-state index contributed by atoms with van der Waals surface area (Å²) in [6.07, 6.45) is 5.66. The number of fused-ring (bicyclic) bond motifs is 1. The molecule has 4 aliphatic rings. The van der Waals surface area contributed by atoms with Gasteiger partial charge in [0.2, 0.25) is 0 Å². The van der Waals surface area contributed by atoms with Crippen molar-refractivity contribution in [2.45, 2.75) is 31.8 Å². The first-order chi connectivity index (χ1) is 4.86. The molecular formula is C9H14O. The van der Waals surface area contributed by atoms with E-state index in [0.29, 0.717) is 0 Å². The maximum atomic E-state index is 9.71. The molecule has 0 amide bonds. The first-order valence-electron chi connectivity index (χ1n) is 4.54. The molecule has 4 fully saturated rings. The van der Waals surface area contributed by atoms with Crippen molar-refractivity contribution in [2.75, 3.05) is 0 Å². The predicted molar refractivity (Wildman–Crippen MR) is 38.4 cm³/mol. The van der Waals surface area contributed by atoms with Gasteiger partial charge < -0.3 is 5.11 Å².